The molecule has 0 spiro atoms. The second-order valence-corrected chi connectivity index (χ2v) is 14.5. The van der Waals surface area contributed by atoms with Gasteiger partial charge in [-0.05, 0) is 0 Å². The van der Waals surface area contributed by atoms with E-state index in [1.165, 1.54) is 0 Å². The molecule has 0 saturated carbocycles. The van der Waals surface area contributed by atoms with Gasteiger partial charge in [-0.3, -0.25) is 0 Å². The summed E-state index contributed by atoms with van der Waals surface area (Å²) in [5.74, 6) is 0. The van der Waals surface area contributed by atoms with Crippen molar-refractivity contribution in [2.75, 3.05) is 41.2 Å². The molecular formula is C17H38O6Sn. The van der Waals surface area contributed by atoms with Gasteiger partial charge < -0.3 is 0 Å². The Morgan fingerprint density at radius 3 is 1.17 bits per heavy atom. The number of hydrogen-bond donors (Lipinski definition) is 0. The van der Waals surface area contributed by atoms with Crippen LogP contribution in [0.1, 0.15) is 41.5 Å². The maximum absolute atomic E-state index is 6.42. The predicted molar refractivity (Wildman–Crippen MR) is 97.3 cm³/mol. The first-order valence-corrected chi connectivity index (χ1v) is 14.1. The summed E-state index contributed by atoms with van der Waals surface area (Å²) in [6, 6.07) is 0. The van der Waals surface area contributed by atoms with Crippen LogP contribution in [-0.2, 0) is 23.4 Å². The van der Waals surface area contributed by atoms with Gasteiger partial charge in [-0.25, -0.2) is 0 Å². The van der Waals surface area contributed by atoms with Crippen LogP contribution in [0.5, 0.6) is 0 Å². The molecule has 0 radical (unpaired) electrons. The van der Waals surface area contributed by atoms with Gasteiger partial charge in [-0.2, -0.15) is 0 Å². The van der Waals surface area contributed by atoms with Gasteiger partial charge in [0.1, 0.15) is 0 Å². The van der Waals surface area contributed by atoms with Gasteiger partial charge in [0.25, 0.3) is 0 Å². The monoisotopic (exact) mass is 458 g/mol. The summed E-state index contributed by atoms with van der Waals surface area (Å²) in [6.45, 7) is 14.0. The summed E-state index contributed by atoms with van der Waals surface area (Å²) in [5.41, 5.74) is 0.0302. The van der Waals surface area contributed by atoms with Crippen molar-refractivity contribution in [3.8, 4) is 0 Å². The number of ether oxygens (including phenoxy) is 3. The van der Waals surface area contributed by atoms with Crippen LogP contribution in [0.4, 0.5) is 0 Å². The van der Waals surface area contributed by atoms with Crippen molar-refractivity contribution < 1.29 is 23.4 Å². The standard InChI is InChI=1S/C5H11.3C4H9O2.Sn/c1-5(2,3)4;3*1-4(5)3-6-2;/h1H2,2-4H3;3*4H,3H2,1-2H3;/q;3*-1;+3. The van der Waals surface area contributed by atoms with E-state index in [4.69, 9.17) is 23.4 Å². The number of methoxy groups -OCH3 is 3. The molecule has 0 aromatic heterocycles. The van der Waals surface area contributed by atoms with Gasteiger partial charge in [-0.15, -0.1) is 0 Å². The SMILES string of the molecule is COCC(C)[O][Sn]([CH2]C(C)(C)C)([O]C(C)COC)[O]C(C)COC. The molecule has 0 aliphatic rings. The van der Waals surface area contributed by atoms with Crippen molar-refractivity contribution in [1.29, 1.82) is 0 Å². The average Bonchev–Trinajstić information content (AvgIpc) is 2.36. The van der Waals surface area contributed by atoms with E-state index < -0.39 is 19.6 Å². The van der Waals surface area contributed by atoms with E-state index in [0.29, 0.717) is 19.8 Å². The molecule has 0 N–H and O–H groups in total. The summed E-state index contributed by atoms with van der Waals surface area (Å²) in [4.78, 5) is 0. The van der Waals surface area contributed by atoms with Crippen molar-refractivity contribution in [3.63, 3.8) is 0 Å². The second kappa shape index (κ2) is 12.0. The van der Waals surface area contributed by atoms with Crippen molar-refractivity contribution >= 4 is 19.6 Å². The van der Waals surface area contributed by atoms with Crippen molar-refractivity contribution in [2.24, 2.45) is 5.41 Å². The van der Waals surface area contributed by atoms with Crippen LogP contribution >= 0.6 is 0 Å². The third kappa shape index (κ3) is 11.2. The summed E-state index contributed by atoms with van der Waals surface area (Å²) < 4.78 is 35.7. The van der Waals surface area contributed by atoms with E-state index in [9.17, 15) is 0 Å². The average molecular weight is 457 g/mol. The topological polar surface area (TPSA) is 55.4 Å². The zero-order chi connectivity index (χ0) is 18.8. The van der Waals surface area contributed by atoms with Crippen molar-refractivity contribution in [3.05, 3.63) is 0 Å². The molecular weight excluding hydrogens is 419 g/mol. The van der Waals surface area contributed by atoms with Crippen molar-refractivity contribution in [1.82, 2.24) is 0 Å². The quantitative estimate of drug-likeness (QED) is 0.397. The molecule has 6 nitrogen and oxygen atoms in total. The van der Waals surface area contributed by atoms with Gasteiger partial charge in [0.2, 0.25) is 0 Å². The van der Waals surface area contributed by atoms with E-state index in [1.807, 2.05) is 20.8 Å². The Morgan fingerprint density at radius 1 is 0.667 bits per heavy atom. The van der Waals surface area contributed by atoms with E-state index >= 15 is 0 Å². The normalized spacial score (nSPS) is 18.9. The van der Waals surface area contributed by atoms with E-state index in [2.05, 4.69) is 20.8 Å². The van der Waals surface area contributed by atoms with Gasteiger partial charge in [0.05, 0.1) is 0 Å². The van der Waals surface area contributed by atoms with Crippen LogP contribution < -0.4 is 0 Å². The van der Waals surface area contributed by atoms with E-state index in [1.54, 1.807) is 21.3 Å². The Labute approximate surface area is 154 Å². The van der Waals surface area contributed by atoms with Crippen LogP contribution in [0.3, 0.4) is 0 Å². The van der Waals surface area contributed by atoms with Gasteiger partial charge in [-0.1, -0.05) is 0 Å². The first-order chi connectivity index (χ1) is 11.1. The minimum absolute atomic E-state index is 0.0302. The molecule has 0 rings (SSSR count). The molecule has 7 heteroatoms. The zero-order valence-corrected chi connectivity index (χ0v) is 19.9. The summed E-state index contributed by atoms with van der Waals surface area (Å²) in [5, 5.41) is 0. The summed E-state index contributed by atoms with van der Waals surface area (Å²) in [6.07, 6.45) is -0.257. The Balaban J connectivity index is 5.43. The Morgan fingerprint density at radius 2 is 0.958 bits per heavy atom. The Kier molecular flexibility index (Phi) is 12.3. The van der Waals surface area contributed by atoms with Crippen LogP contribution in [0.2, 0.25) is 4.44 Å². The molecule has 0 amide bonds. The first kappa shape index (κ1) is 24.6. The fourth-order valence-corrected chi connectivity index (χ4v) is 13.3. The molecule has 146 valence electrons. The third-order valence-corrected chi connectivity index (χ3v) is 13.9. The fourth-order valence-electron chi connectivity index (χ4n) is 2.58. The van der Waals surface area contributed by atoms with E-state index in [0.717, 1.165) is 4.44 Å². The third-order valence-electron chi connectivity index (χ3n) is 3.09. The molecule has 0 aliphatic carbocycles. The molecule has 24 heavy (non-hydrogen) atoms. The maximum atomic E-state index is 6.42. The number of hydrogen-bond acceptors (Lipinski definition) is 6. The molecule has 3 atom stereocenters. The van der Waals surface area contributed by atoms with Gasteiger partial charge in [0, 0.05) is 0 Å². The molecule has 0 saturated heterocycles. The van der Waals surface area contributed by atoms with Crippen LogP contribution in [0, 0.1) is 5.41 Å². The predicted octanol–water partition coefficient (Wildman–Crippen LogP) is 3.13. The Bertz CT molecular complexity index is 285. The first-order valence-electron chi connectivity index (χ1n) is 8.57. The van der Waals surface area contributed by atoms with Crippen LogP contribution in [0.25, 0.3) is 0 Å². The van der Waals surface area contributed by atoms with Crippen LogP contribution in [0.15, 0.2) is 0 Å². The van der Waals surface area contributed by atoms with E-state index in [-0.39, 0.29) is 23.7 Å². The fraction of sp³-hybridized carbons (Fsp3) is 1.00. The summed E-state index contributed by atoms with van der Waals surface area (Å²) in [7, 11) is 5.01. The molecule has 3 unspecified atom stereocenters. The van der Waals surface area contributed by atoms with Crippen molar-refractivity contribution in [2.45, 2.75) is 64.3 Å². The molecule has 0 fully saturated rings. The molecule has 0 aliphatic heterocycles. The van der Waals surface area contributed by atoms with Crippen LogP contribution in [-0.4, -0.2) is 79.1 Å². The van der Waals surface area contributed by atoms with Gasteiger partial charge in [0.15, 0.2) is 0 Å². The zero-order valence-electron chi connectivity index (χ0n) is 17.0. The molecule has 0 aromatic carbocycles. The molecule has 0 aromatic rings. The second-order valence-electron chi connectivity index (χ2n) is 7.57. The van der Waals surface area contributed by atoms with Gasteiger partial charge >= 0.3 is 154 Å². The summed E-state index contributed by atoms with van der Waals surface area (Å²) >= 11 is -3.89. The number of rotatable bonds is 13. The molecule has 0 heterocycles. The molecule has 0 bridgehead atoms. The minimum atomic E-state index is -3.89. The Hall–Kier alpha value is 0.559.